The third-order valence-corrected chi connectivity index (χ3v) is 6.37. The third kappa shape index (κ3) is 6.51. The number of carbonyl (C=O) groups excluding carboxylic acids is 2. The Labute approximate surface area is 208 Å². The molecule has 0 saturated carbocycles. The van der Waals surface area contributed by atoms with Gasteiger partial charge in [0.15, 0.2) is 0 Å². The van der Waals surface area contributed by atoms with Gasteiger partial charge in [0, 0.05) is 42.5 Å². The standard InChI is InChI=1S/C28H28F3N3O2/c1-19-10-11-22(17-25(19)33-26(35)21-7-3-2-4-8-21)27(36)32-24-12-14-34(15-13-24)18-20-6-5-9-23(16-20)28(29,30)31/h2-11,16-17,24H,12-15,18H2,1H3,(H,32,36)(H,33,35). The van der Waals surface area contributed by atoms with Crippen molar-refractivity contribution in [1.29, 1.82) is 0 Å². The smallest absolute Gasteiger partial charge is 0.349 e. The first kappa shape index (κ1) is 25.4. The van der Waals surface area contributed by atoms with Gasteiger partial charge in [-0.3, -0.25) is 14.5 Å². The average Bonchev–Trinajstić information content (AvgIpc) is 2.86. The zero-order valence-electron chi connectivity index (χ0n) is 19.9. The maximum Gasteiger partial charge on any atom is 0.416 e. The van der Waals surface area contributed by atoms with Gasteiger partial charge in [-0.15, -0.1) is 0 Å². The summed E-state index contributed by atoms with van der Waals surface area (Å²) in [7, 11) is 0. The van der Waals surface area contributed by atoms with E-state index in [1.165, 1.54) is 12.1 Å². The van der Waals surface area contributed by atoms with Gasteiger partial charge in [-0.1, -0.05) is 42.5 Å². The summed E-state index contributed by atoms with van der Waals surface area (Å²) in [6.07, 6.45) is -2.95. The Balaban J connectivity index is 1.31. The van der Waals surface area contributed by atoms with Gasteiger partial charge >= 0.3 is 6.18 Å². The van der Waals surface area contributed by atoms with Gasteiger partial charge < -0.3 is 10.6 Å². The van der Waals surface area contributed by atoms with Crippen LogP contribution in [0.25, 0.3) is 0 Å². The Hall–Kier alpha value is -3.65. The van der Waals surface area contributed by atoms with E-state index in [-0.39, 0.29) is 17.9 Å². The highest BCUT2D eigenvalue weighted by molar-refractivity contribution is 6.05. The molecule has 2 N–H and O–H groups in total. The first-order valence-electron chi connectivity index (χ1n) is 11.9. The predicted octanol–water partition coefficient (Wildman–Crippen LogP) is 5.66. The van der Waals surface area contributed by atoms with Crippen LogP contribution in [-0.4, -0.2) is 35.8 Å². The summed E-state index contributed by atoms with van der Waals surface area (Å²) in [5, 5.41) is 5.92. The lowest BCUT2D eigenvalue weighted by atomic mass is 10.0. The Morgan fingerprint density at radius 1 is 0.889 bits per heavy atom. The molecule has 0 aromatic heterocycles. The highest BCUT2D eigenvalue weighted by Crippen LogP contribution is 2.30. The van der Waals surface area contributed by atoms with Gasteiger partial charge in [0.1, 0.15) is 0 Å². The molecule has 8 heteroatoms. The zero-order valence-corrected chi connectivity index (χ0v) is 19.9. The van der Waals surface area contributed by atoms with E-state index < -0.39 is 11.7 Å². The van der Waals surface area contributed by atoms with Crippen LogP contribution in [-0.2, 0) is 12.7 Å². The molecule has 0 bridgehead atoms. The minimum absolute atomic E-state index is 0.0288. The van der Waals surface area contributed by atoms with Gasteiger partial charge in [-0.05, 0) is 61.2 Å². The van der Waals surface area contributed by atoms with Crippen molar-refractivity contribution in [3.63, 3.8) is 0 Å². The molecule has 0 spiro atoms. The number of anilines is 1. The summed E-state index contributed by atoms with van der Waals surface area (Å²) in [5.41, 5.74) is 2.39. The van der Waals surface area contributed by atoms with Gasteiger partial charge in [0.25, 0.3) is 11.8 Å². The first-order valence-corrected chi connectivity index (χ1v) is 11.9. The Morgan fingerprint density at radius 3 is 2.31 bits per heavy atom. The molecule has 0 aliphatic carbocycles. The molecule has 0 unspecified atom stereocenters. The van der Waals surface area contributed by atoms with Crippen LogP contribution in [0, 0.1) is 6.92 Å². The molecule has 0 radical (unpaired) electrons. The number of alkyl halides is 3. The van der Waals surface area contributed by atoms with Crippen molar-refractivity contribution in [2.45, 2.75) is 38.5 Å². The number of piperidine rings is 1. The molecule has 2 amide bonds. The van der Waals surface area contributed by atoms with E-state index in [1.54, 1.807) is 48.5 Å². The minimum atomic E-state index is -4.35. The second kappa shape index (κ2) is 11.0. The average molecular weight is 496 g/mol. The van der Waals surface area contributed by atoms with Gasteiger partial charge in [-0.2, -0.15) is 13.2 Å². The lowest BCUT2D eigenvalue weighted by Gasteiger charge is -2.32. The number of nitrogens with one attached hydrogen (secondary N) is 2. The monoisotopic (exact) mass is 495 g/mol. The summed E-state index contributed by atoms with van der Waals surface area (Å²) in [5.74, 6) is -0.467. The maximum absolute atomic E-state index is 13.0. The van der Waals surface area contributed by atoms with Crippen LogP contribution in [0.1, 0.15) is 50.2 Å². The Bertz CT molecular complexity index is 1220. The SMILES string of the molecule is Cc1ccc(C(=O)NC2CCN(Cc3cccc(C(F)(F)F)c3)CC2)cc1NC(=O)c1ccccc1. The summed E-state index contributed by atoms with van der Waals surface area (Å²) in [4.78, 5) is 27.5. The highest BCUT2D eigenvalue weighted by Gasteiger charge is 2.30. The van der Waals surface area contributed by atoms with Crippen molar-refractivity contribution in [3.8, 4) is 0 Å². The van der Waals surface area contributed by atoms with Crippen molar-refractivity contribution in [1.82, 2.24) is 10.2 Å². The van der Waals surface area contributed by atoms with Crippen LogP contribution in [0.4, 0.5) is 18.9 Å². The van der Waals surface area contributed by atoms with Crippen LogP contribution in [0.2, 0.25) is 0 Å². The van der Waals surface area contributed by atoms with Crippen LogP contribution < -0.4 is 10.6 Å². The number of halogens is 3. The molecule has 4 rings (SSSR count). The maximum atomic E-state index is 13.0. The van der Waals surface area contributed by atoms with E-state index in [2.05, 4.69) is 15.5 Å². The molecule has 1 fully saturated rings. The van der Waals surface area contributed by atoms with E-state index >= 15 is 0 Å². The zero-order chi connectivity index (χ0) is 25.7. The third-order valence-electron chi connectivity index (χ3n) is 6.37. The normalized spacial score (nSPS) is 14.9. The first-order chi connectivity index (χ1) is 17.2. The van der Waals surface area contributed by atoms with E-state index in [0.29, 0.717) is 54.9 Å². The summed E-state index contributed by atoms with van der Waals surface area (Å²) in [6.45, 7) is 3.65. The molecule has 5 nitrogen and oxygen atoms in total. The van der Waals surface area contributed by atoms with Crippen LogP contribution >= 0.6 is 0 Å². The molecule has 1 aliphatic heterocycles. The van der Waals surface area contributed by atoms with Gasteiger partial charge in [0.05, 0.1) is 5.56 Å². The second-order valence-electron chi connectivity index (χ2n) is 9.07. The molecule has 0 atom stereocenters. The summed E-state index contributed by atoms with van der Waals surface area (Å²) >= 11 is 0. The second-order valence-corrected chi connectivity index (χ2v) is 9.07. The molecule has 1 aliphatic rings. The molecular weight excluding hydrogens is 467 g/mol. The fourth-order valence-electron chi connectivity index (χ4n) is 4.29. The van der Waals surface area contributed by atoms with Gasteiger partial charge in [-0.25, -0.2) is 0 Å². The number of hydrogen-bond acceptors (Lipinski definition) is 3. The van der Waals surface area contributed by atoms with Crippen LogP contribution in [0.15, 0.2) is 72.8 Å². The summed E-state index contributed by atoms with van der Waals surface area (Å²) < 4.78 is 38.9. The van der Waals surface area contributed by atoms with E-state index in [4.69, 9.17) is 0 Å². The number of likely N-dealkylation sites (tertiary alicyclic amines) is 1. The van der Waals surface area contributed by atoms with Crippen molar-refractivity contribution in [2.75, 3.05) is 18.4 Å². The highest BCUT2D eigenvalue weighted by atomic mass is 19.4. The number of amides is 2. The van der Waals surface area contributed by atoms with Crippen LogP contribution in [0.3, 0.4) is 0 Å². The molecule has 36 heavy (non-hydrogen) atoms. The minimum Gasteiger partial charge on any atom is -0.349 e. The quantitative estimate of drug-likeness (QED) is 0.464. The fourth-order valence-corrected chi connectivity index (χ4v) is 4.29. The van der Waals surface area contributed by atoms with E-state index in [0.717, 1.165) is 11.6 Å². The largest absolute Gasteiger partial charge is 0.416 e. The molecular formula is C28H28F3N3O2. The number of aryl methyl sites for hydroxylation is 1. The van der Waals surface area contributed by atoms with Crippen molar-refractivity contribution in [2.24, 2.45) is 0 Å². The van der Waals surface area contributed by atoms with Gasteiger partial charge in [0.2, 0.25) is 0 Å². The Morgan fingerprint density at radius 2 is 1.61 bits per heavy atom. The Kier molecular flexibility index (Phi) is 7.74. The number of rotatable bonds is 6. The molecule has 188 valence electrons. The lowest BCUT2D eigenvalue weighted by Crippen LogP contribution is -2.44. The van der Waals surface area contributed by atoms with Crippen molar-refractivity contribution < 1.29 is 22.8 Å². The van der Waals surface area contributed by atoms with Crippen LogP contribution in [0.5, 0.6) is 0 Å². The molecule has 3 aromatic carbocycles. The number of benzene rings is 3. The summed E-state index contributed by atoms with van der Waals surface area (Å²) in [6, 6.07) is 19.4. The lowest BCUT2D eigenvalue weighted by molar-refractivity contribution is -0.137. The molecule has 3 aromatic rings. The number of hydrogen-bond donors (Lipinski definition) is 2. The topological polar surface area (TPSA) is 61.4 Å². The number of carbonyl (C=O) groups is 2. The van der Waals surface area contributed by atoms with E-state index in [1.807, 2.05) is 13.0 Å². The van der Waals surface area contributed by atoms with Crippen molar-refractivity contribution >= 4 is 17.5 Å². The molecule has 1 saturated heterocycles. The van der Waals surface area contributed by atoms with E-state index in [9.17, 15) is 22.8 Å². The fraction of sp³-hybridized carbons (Fsp3) is 0.286. The van der Waals surface area contributed by atoms with Crippen molar-refractivity contribution in [3.05, 3.63) is 101 Å². The number of nitrogens with zero attached hydrogens (tertiary/aromatic N) is 1. The predicted molar refractivity (Wildman–Crippen MR) is 133 cm³/mol. The molecule has 1 heterocycles.